The molecule has 0 radical (unpaired) electrons. The first-order chi connectivity index (χ1) is 8.06. The van der Waals surface area contributed by atoms with Gasteiger partial charge < -0.3 is 10.0 Å². The van der Waals surface area contributed by atoms with Crippen LogP contribution in [0.15, 0.2) is 35.9 Å². The van der Waals surface area contributed by atoms with Crippen molar-refractivity contribution in [3.8, 4) is 0 Å². The number of hydrogen-bond donors (Lipinski definition) is 1. The molecule has 0 heterocycles. The molecule has 1 aromatic carbocycles. The van der Waals surface area contributed by atoms with Crippen LogP contribution in [-0.4, -0.2) is 24.2 Å². The Bertz CT molecular complexity index is 424. The Morgan fingerprint density at radius 3 is 2.59 bits per heavy atom. The highest BCUT2D eigenvalue weighted by atomic mass is 16.4. The molecule has 92 valence electrons. The number of carboxylic acids is 1. The summed E-state index contributed by atoms with van der Waals surface area (Å²) in [6.07, 6.45) is 1.75. The molecule has 17 heavy (non-hydrogen) atoms. The summed E-state index contributed by atoms with van der Waals surface area (Å²) in [7, 11) is 0. The van der Waals surface area contributed by atoms with Gasteiger partial charge in [-0.25, -0.2) is 4.79 Å². The molecule has 0 amide bonds. The molecule has 1 N–H and O–H groups in total. The molecule has 0 bridgehead atoms. The normalized spacial score (nSPS) is 11.4. The minimum atomic E-state index is -0.856. The Hall–Kier alpha value is -1.77. The van der Waals surface area contributed by atoms with Crippen LogP contribution in [0.4, 0.5) is 5.69 Å². The molecule has 0 aromatic heterocycles. The highest BCUT2D eigenvalue weighted by Gasteiger charge is 2.06. The number of benzene rings is 1. The maximum Gasteiger partial charge on any atom is 0.331 e. The number of anilines is 1. The number of hydrogen-bond acceptors (Lipinski definition) is 2. The molecule has 0 aliphatic rings. The second kappa shape index (κ2) is 6.09. The van der Waals surface area contributed by atoms with Gasteiger partial charge in [0.1, 0.15) is 0 Å². The smallest absolute Gasteiger partial charge is 0.331 e. The minimum Gasteiger partial charge on any atom is -0.478 e. The van der Waals surface area contributed by atoms with E-state index in [1.807, 2.05) is 12.1 Å². The Labute approximate surface area is 102 Å². The molecule has 3 nitrogen and oxygen atoms in total. The number of carboxylic acid groups (broad SMARTS) is 1. The van der Waals surface area contributed by atoms with Crippen molar-refractivity contribution in [1.82, 2.24) is 0 Å². The number of carbonyl (C=O) groups is 1. The van der Waals surface area contributed by atoms with E-state index in [0.29, 0.717) is 12.1 Å². The number of aliphatic carboxylic acids is 1. The summed E-state index contributed by atoms with van der Waals surface area (Å²) >= 11 is 0. The first-order valence-corrected chi connectivity index (χ1v) is 5.77. The van der Waals surface area contributed by atoms with Crippen LogP contribution < -0.4 is 4.90 Å². The van der Waals surface area contributed by atoms with E-state index < -0.39 is 5.97 Å². The predicted octanol–water partition coefficient (Wildman–Crippen LogP) is 2.85. The number of para-hydroxylation sites is 1. The van der Waals surface area contributed by atoms with Crippen molar-refractivity contribution in [2.45, 2.75) is 20.8 Å². The van der Waals surface area contributed by atoms with E-state index in [1.165, 1.54) is 5.56 Å². The van der Waals surface area contributed by atoms with Gasteiger partial charge in [0.2, 0.25) is 0 Å². The summed E-state index contributed by atoms with van der Waals surface area (Å²) < 4.78 is 0. The average Bonchev–Trinajstić information content (AvgIpc) is 2.31. The van der Waals surface area contributed by atoms with Crippen molar-refractivity contribution in [1.29, 1.82) is 0 Å². The zero-order valence-electron chi connectivity index (χ0n) is 10.6. The van der Waals surface area contributed by atoms with Crippen LogP contribution in [0.5, 0.6) is 0 Å². The van der Waals surface area contributed by atoms with Gasteiger partial charge in [0.25, 0.3) is 0 Å². The van der Waals surface area contributed by atoms with E-state index >= 15 is 0 Å². The zero-order chi connectivity index (χ0) is 12.8. The fourth-order valence-corrected chi connectivity index (χ4v) is 1.65. The lowest BCUT2D eigenvalue weighted by Gasteiger charge is -2.23. The Morgan fingerprint density at radius 1 is 1.41 bits per heavy atom. The summed E-state index contributed by atoms with van der Waals surface area (Å²) in [6, 6.07) is 8.12. The molecule has 0 saturated heterocycles. The lowest BCUT2D eigenvalue weighted by atomic mass is 10.1. The van der Waals surface area contributed by atoms with Crippen molar-refractivity contribution >= 4 is 11.7 Å². The monoisotopic (exact) mass is 233 g/mol. The summed E-state index contributed by atoms with van der Waals surface area (Å²) in [4.78, 5) is 12.9. The van der Waals surface area contributed by atoms with Crippen molar-refractivity contribution < 1.29 is 9.90 Å². The molecule has 0 spiro atoms. The van der Waals surface area contributed by atoms with Crippen molar-refractivity contribution in [3.63, 3.8) is 0 Å². The molecular weight excluding hydrogens is 214 g/mol. The van der Waals surface area contributed by atoms with E-state index in [0.717, 1.165) is 12.2 Å². The lowest BCUT2D eigenvalue weighted by Crippen LogP contribution is -2.24. The zero-order valence-corrected chi connectivity index (χ0v) is 10.6. The first-order valence-electron chi connectivity index (χ1n) is 5.77. The molecule has 0 atom stereocenters. The Kier molecular flexibility index (Phi) is 4.76. The van der Waals surface area contributed by atoms with Gasteiger partial charge in [-0.2, -0.15) is 0 Å². The third-order valence-corrected chi connectivity index (χ3v) is 2.79. The Balaban J connectivity index is 2.84. The quantitative estimate of drug-likeness (QED) is 0.795. The largest absolute Gasteiger partial charge is 0.478 e. The van der Waals surface area contributed by atoms with Crippen LogP contribution in [0, 0.1) is 6.92 Å². The van der Waals surface area contributed by atoms with Gasteiger partial charge in [-0.15, -0.1) is 0 Å². The third kappa shape index (κ3) is 3.63. The van der Waals surface area contributed by atoms with Crippen LogP contribution in [0.25, 0.3) is 0 Å². The topological polar surface area (TPSA) is 40.5 Å². The summed E-state index contributed by atoms with van der Waals surface area (Å²) in [5.41, 5.74) is 2.75. The fourth-order valence-electron chi connectivity index (χ4n) is 1.65. The first kappa shape index (κ1) is 13.3. The second-order valence-corrected chi connectivity index (χ2v) is 4.02. The van der Waals surface area contributed by atoms with Crippen molar-refractivity contribution in [3.05, 3.63) is 41.5 Å². The summed E-state index contributed by atoms with van der Waals surface area (Å²) in [5, 5.41) is 8.81. The fraction of sp³-hybridized carbons (Fsp3) is 0.357. The standard InChI is InChI=1S/C14H19NO2/c1-4-15(10-9-12(3)14(16)17)13-8-6-5-7-11(13)2/h5-9H,4,10H2,1-3H3,(H,16,17). The van der Waals surface area contributed by atoms with Gasteiger partial charge in [0.15, 0.2) is 0 Å². The van der Waals surface area contributed by atoms with Gasteiger partial charge in [-0.3, -0.25) is 0 Å². The molecule has 1 rings (SSSR count). The number of rotatable bonds is 5. The van der Waals surface area contributed by atoms with E-state index in [2.05, 4.69) is 30.9 Å². The minimum absolute atomic E-state index is 0.386. The van der Waals surface area contributed by atoms with Crippen LogP contribution in [0.1, 0.15) is 19.4 Å². The van der Waals surface area contributed by atoms with E-state index in [-0.39, 0.29) is 0 Å². The van der Waals surface area contributed by atoms with Crippen LogP contribution in [0.2, 0.25) is 0 Å². The second-order valence-electron chi connectivity index (χ2n) is 4.02. The van der Waals surface area contributed by atoms with Gasteiger partial charge in [0.05, 0.1) is 0 Å². The van der Waals surface area contributed by atoms with Crippen molar-refractivity contribution in [2.75, 3.05) is 18.0 Å². The maximum absolute atomic E-state index is 10.7. The highest BCUT2D eigenvalue weighted by molar-refractivity contribution is 5.85. The summed E-state index contributed by atoms with van der Waals surface area (Å²) in [6.45, 7) is 7.23. The Morgan fingerprint density at radius 2 is 2.06 bits per heavy atom. The molecule has 0 saturated carbocycles. The van der Waals surface area contributed by atoms with Gasteiger partial charge in [-0.05, 0) is 32.4 Å². The highest BCUT2D eigenvalue weighted by Crippen LogP contribution is 2.19. The van der Waals surface area contributed by atoms with E-state index in [1.54, 1.807) is 13.0 Å². The van der Waals surface area contributed by atoms with Crippen LogP contribution in [0.3, 0.4) is 0 Å². The molecule has 1 aromatic rings. The summed E-state index contributed by atoms with van der Waals surface area (Å²) in [5.74, 6) is -0.856. The molecule has 0 aliphatic heterocycles. The van der Waals surface area contributed by atoms with Crippen LogP contribution >= 0.6 is 0 Å². The number of nitrogens with zero attached hydrogens (tertiary/aromatic N) is 1. The van der Waals surface area contributed by atoms with Crippen molar-refractivity contribution in [2.24, 2.45) is 0 Å². The molecular formula is C14H19NO2. The average molecular weight is 233 g/mol. The van der Waals surface area contributed by atoms with E-state index in [9.17, 15) is 4.79 Å². The predicted molar refractivity (Wildman–Crippen MR) is 70.5 cm³/mol. The SMILES string of the molecule is CCN(CC=C(C)C(=O)O)c1ccccc1C. The number of likely N-dealkylation sites (N-methyl/N-ethyl adjacent to an activating group) is 1. The number of aryl methyl sites for hydroxylation is 1. The molecule has 0 unspecified atom stereocenters. The third-order valence-electron chi connectivity index (χ3n) is 2.79. The molecule has 3 heteroatoms. The van der Waals surface area contributed by atoms with Crippen LogP contribution in [-0.2, 0) is 4.79 Å². The van der Waals surface area contributed by atoms with Gasteiger partial charge >= 0.3 is 5.97 Å². The maximum atomic E-state index is 10.7. The van der Waals surface area contributed by atoms with E-state index in [4.69, 9.17) is 5.11 Å². The molecule has 0 aliphatic carbocycles. The molecule has 0 fully saturated rings. The van der Waals surface area contributed by atoms with Gasteiger partial charge in [0, 0.05) is 24.4 Å². The van der Waals surface area contributed by atoms with Gasteiger partial charge in [-0.1, -0.05) is 24.3 Å². The lowest BCUT2D eigenvalue weighted by molar-refractivity contribution is -0.132.